The lowest BCUT2D eigenvalue weighted by molar-refractivity contribution is -0.135. The fourth-order valence-electron chi connectivity index (χ4n) is 11.7. The van der Waals surface area contributed by atoms with Crippen molar-refractivity contribution >= 4 is 46.5 Å². The summed E-state index contributed by atoms with van der Waals surface area (Å²) in [7, 11) is 0. The average Bonchev–Trinajstić information content (AvgIpc) is 3.99. The molecule has 63 heavy (non-hydrogen) atoms. The first-order valence-corrected chi connectivity index (χ1v) is 24.1. The number of nitrogens with zero attached hydrogens (tertiary/aromatic N) is 6. The predicted octanol–water partition coefficient (Wildman–Crippen LogP) is 9.52. The van der Waals surface area contributed by atoms with Crippen LogP contribution in [0.4, 0.5) is 21.6 Å². The number of piperidine rings is 1. The van der Waals surface area contributed by atoms with Crippen LogP contribution in [0.1, 0.15) is 133 Å². The maximum atomic E-state index is 15.5. The van der Waals surface area contributed by atoms with Gasteiger partial charge in [-0.1, -0.05) is 44.2 Å². The van der Waals surface area contributed by atoms with Gasteiger partial charge in [0.1, 0.15) is 11.3 Å². The quantitative estimate of drug-likeness (QED) is 0.0905. The van der Waals surface area contributed by atoms with Gasteiger partial charge in [0.25, 0.3) is 0 Å². The molecule has 4 fully saturated rings. The van der Waals surface area contributed by atoms with Gasteiger partial charge in [-0.25, -0.2) is 14.4 Å². The molecular weight excluding hydrogens is 792 g/mol. The number of pyridine rings is 1. The second-order valence-corrected chi connectivity index (χ2v) is 19.9. The van der Waals surface area contributed by atoms with Gasteiger partial charge in [0.2, 0.25) is 18.2 Å². The number of anilines is 3. The molecule has 2 aromatic heterocycles. The number of aromatic nitrogens is 3. The van der Waals surface area contributed by atoms with Crippen molar-refractivity contribution in [3.8, 4) is 11.3 Å². The minimum absolute atomic E-state index is 0.0793. The standard InChI is InChI=1S/C51H67FN8O3/c1-33(2)59-31-54-45-29-43(55-48(47(45)59)56-44-25-35(4)34(3)24-42(44)52)38-15-16-41-46(26-38)60(40-27-39(28-40)57-21-9-6-10-22-57)50(63)51(41,19-20-53-32-61)18-11-12-36-17-23-58(30-36)49(62)37-13-7-5-8-14-37/h15-16,24-26,29,31-33,36-37,39-40H,5-14,17-23,27-28,30H2,1-4H3,(H,53,61)(H,55,56)/t36-,39?,40?,51?/m1/s1. The summed E-state index contributed by atoms with van der Waals surface area (Å²) in [6.45, 7) is 12.4. The van der Waals surface area contributed by atoms with Crippen molar-refractivity contribution in [3.05, 3.63) is 65.2 Å². The van der Waals surface area contributed by atoms with Gasteiger partial charge in [-0.2, -0.15) is 0 Å². The summed E-state index contributed by atoms with van der Waals surface area (Å²) in [5.41, 5.74) is 6.47. The number of amides is 3. The number of nitrogens with one attached hydrogen (secondary N) is 2. The van der Waals surface area contributed by atoms with Crippen molar-refractivity contribution in [1.29, 1.82) is 0 Å². The van der Waals surface area contributed by atoms with Crippen molar-refractivity contribution in [1.82, 2.24) is 29.7 Å². The van der Waals surface area contributed by atoms with Crippen LogP contribution in [0.15, 0.2) is 42.7 Å². The minimum atomic E-state index is -0.794. The highest BCUT2D eigenvalue weighted by molar-refractivity contribution is 6.09. The molecule has 0 radical (unpaired) electrons. The molecule has 11 nitrogen and oxygen atoms in total. The summed E-state index contributed by atoms with van der Waals surface area (Å²) in [6, 6.07) is 12.4. The molecule has 4 aromatic rings. The Morgan fingerprint density at radius 1 is 0.937 bits per heavy atom. The Kier molecular flexibility index (Phi) is 12.6. The summed E-state index contributed by atoms with van der Waals surface area (Å²) in [4.78, 5) is 57.4. The monoisotopic (exact) mass is 859 g/mol. The van der Waals surface area contributed by atoms with Crippen LogP contribution in [0.3, 0.4) is 0 Å². The van der Waals surface area contributed by atoms with Gasteiger partial charge >= 0.3 is 0 Å². The predicted molar refractivity (Wildman–Crippen MR) is 248 cm³/mol. The van der Waals surface area contributed by atoms with Crippen LogP contribution in [0.25, 0.3) is 22.3 Å². The number of likely N-dealkylation sites (tertiary alicyclic amines) is 2. The van der Waals surface area contributed by atoms with E-state index in [0.29, 0.717) is 54.5 Å². The minimum Gasteiger partial charge on any atom is -0.359 e. The highest BCUT2D eigenvalue weighted by atomic mass is 19.1. The zero-order valence-corrected chi connectivity index (χ0v) is 37.9. The molecule has 2 saturated carbocycles. The van der Waals surface area contributed by atoms with E-state index in [1.807, 2.05) is 32.3 Å². The van der Waals surface area contributed by atoms with E-state index >= 15 is 9.18 Å². The molecule has 2 aromatic carbocycles. The van der Waals surface area contributed by atoms with Crippen LogP contribution < -0.4 is 15.5 Å². The topological polar surface area (TPSA) is 116 Å². The van der Waals surface area contributed by atoms with E-state index in [2.05, 4.69) is 61.9 Å². The van der Waals surface area contributed by atoms with Crippen LogP contribution >= 0.6 is 0 Å². The Morgan fingerprint density at radius 2 is 1.70 bits per heavy atom. The molecule has 0 bridgehead atoms. The molecule has 3 aliphatic heterocycles. The number of hydrogen-bond donors (Lipinski definition) is 2. The first-order valence-electron chi connectivity index (χ1n) is 24.1. The zero-order chi connectivity index (χ0) is 43.8. The number of imidazole rings is 1. The van der Waals surface area contributed by atoms with Crippen LogP contribution in [0.2, 0.25) is 0 Å². The molecule has 12 heteroatoms. The Bertz CT molecular complexity index is 2330. The number of rotatable bonds is 15. The van der Waals surface area contributed by atoms with Gasteiger partial charge in [-0.15, -0.1) is 0 Å². The number of carbonyl (C=O) groups is 3. The summed E-state index contributed by atoms with van der Waals surface area (Å²) < 4.78 is 17.6. The maximum Gasteiger partial charge on any atom is 0.238 e. The van der Waals surface area contributed by atoms with Crippen LogP contribution in [-0.4, -0.2) is 87.4 Å². The van der Waals surface area contributed by atoms with E-state index in [-0.39, 0.29) is 29.7 Å². The molecule has 3 amide bonds. The fraction of sp³-hybridized carbons (Fsp3) is 0.588. The number of carbonyl (C=O) groups excluding carboxylic acids is 3. The van der Waals surface area contributed by atoms with Crippen molar-refractivity contribution in [2.75, 3.05) is 42.9 Å². The molecule has 0 spiro atoms. The van der Waals surface area contributed by atoms with Gasteiger partial charge in [-0.05, 0) is 152 Å². The van der Waals surface area contributed by atoms with Crippen LogP contribution in [-0.2, 0) is 19.8 Å². The van der Waals surface area contributed by atoms with E-state index in [1.165, 1.54) is 25.7 Å². The Balaban J connectivity index is 1.05. The van der Waals surface area contributed by atoms with E-state index < -0.39 is 5.41 Å². The third-order valence-electron chi connectivity index (χ3n) is 15.5. The summed E-state index contributed by atoms with van der Waals surface area (Å²) in [6.07, 6.45) is 17.8. The van der Waals surface area contributed by atoms with E-state index in [4.69, 9.17) is 9.97 Å². The Hall–Kier alpha value is -4.84. The number of fused-ring (bicyclic) bond motifs is 2. The first-order chi connectivity index (χ1) is 30.5. The molecule has 1 unspecified atom stereocenters. The summed E-state index contributed by atoms with van der Waals surface area (Å²) in [5, 5.41) is 6.26. The fourth-order valence-corrected chi connectivity index (χ4v) is 11.7. The van der Waals surface area contributed by atoms with E-state index in [0.717, 1.165) is 129 Å². The van der Waals surface area contributed by atoms with Crippen LogP contribution in [0, 0.1) is 31.5 Å². The number of benzene rings is 2. The van der Waals surface area contributed by atoms with Gasteiger partial charge in [0.15, 0.2) is 5.82 Å². The van der Waals surface area contributed by atoms with Gasteiger partial charge in [0.05, 0.1) is 28.6 Å². The molecule has 2 saturated heterocycles. The lowest BCUT2D eigenvalue weighted by Crippen LogP contribution is -2.57. The largest absolute Gasteiger partial charge is 0.359 e. The van der Waals surface area contributed by atoms with E-state index in [9.17, 15) is 9.59 Å². The molecule has 9 rings (SSSR count). The van der Waals surface area contributed by atoms with Gasteiger partial charge in [0, 0.05) is 54.9 Å². The second-order valence-electron chi connectivity index (χ2n) is 19.9. The zero-order valence-electron chi connectivity index (χ0n) is 37.9. The highest BCUT2D eigenvalue weighted by Crippen LogP contribution is 2.52. The molecule has 2 N–H and O–H groups in total. The number of hydrogen-bond acceptors (Lipinski definition) is 7. The molecule has 5 aliphatic rings. The van der Waals surface area contributed by atoms with Crippen LogP contribution in [0.5, 0.6) is 0 Å². The van der Waals surface area contributed by atoms with E-state index in [1.54, 1.807) is 6.07 Å². The third-order valence-corrected chi connectivity index (χ3v) is 15.5. The molecule has 5 heterocycles. The highest BCUT2D eigenvalue weighted by Gasteiger charge is 2.54. The normalized spacial score (nSPS) is 24.3. The lowest BCUT2D eigenvalue weighted by Gasteiger charge is -2.48. The Morgan fingerprint density at radius 3 is 2.46 bits per heavy atom. The van der Waals surface area contributed by atoms with Crippen molar-refractivity contribution in [2.45, 2.75) is 148 Å². The second kappa shape index (κ2) is 18.3. The van der Waals surface area contributed by atoms with Crippen molar-refractivity contribution in [3.63, 3.8) is 0 Å². The Labute approximate surface area is 372 Å². The molecule has 2 aliphatic carbocycles. The number of aryl methyl sites for hydroxylation is 2. The third kappa shape index (κ3) is 8.49. The maximum absolute atomic E-state index is 15.5. The average molecular weight is 859 g/mol. The summed E-state index contributed by atoms with van der Waals surface area (Å²) in [5.74, 6) is 1.28. The first kappa shape index (κ1) is 43.4. The van der Waals surface area contributed by atoms with Gasteiger partial charge < -0.3 is 29.9 Å². The van der Waals surface area contributed by atoms with Crippen molar-refractivity contribution < 1.29 is 18.8 Å². The molecule has 336 valence electrons. The lowest BCUT2D eigenvalue weighted by atomic mass is 9.73. The summed E-state index contributed by atoms with van der Waals surface area (Å²) >= 11 is 0. The van der Waals surface area contributed by atoms with Crippen molar-refractivity contribution in [2.24, 2.45) is 11.8 Å². The molecular formula is C51H67FN8O3. The van der Waals surface area contributed by atoms with Gasteiger partial charge in [-0.3, -0.25) is 14.4 Å². The smallest absolute Gasteiger partial charge is 0.238 e. The molecule has 2 atom stereocenters. The SMILES string of the molecule is Cc1cc(F)c(Nc2nc(-c3ccc4c(c3)N(C3CC(N5CCCCC5)C3)C(=O)C4(CCC[C@@H]3CCN(C(=O)C4CCCCC4)C3)CCNC=O)cc3ncn(C(C)C)c23)cc1C. The number of halogens is 1.